The van der Waals surface area contributed by atoms with Gasteiger partial charge in [0.05, 0.1) is 13.3 Å². The Kier molecular flexibility index (Phi) is 4.25. The van der Waals surface area contributed by atoms with Gasteiger partial charge in [0.1, 0.15) is 6.33 Å². The number of aromatic nitrogens is 2. The Bertz CT molecular complexity index is 542. The fraction of sp³-hybridized carbons (Fsp3) is 0.0833. The Morgan fingerprint density at radius 1 is 1.28 bits per heavy atom. The van der Waals surface area contributed by atoms with Crippen LogP contribution in [0, 0.1) is 0 Å². The number of hydrogen-bond acceptors (Lipinski definition) is 5. The molecule has 0 fully saturated rings. The fourth-order valence-electron chi connectivity index (χ4n) is 1.23. The molecule has 6 heteroatoms. The van der Waals surface area contributed by atoms with Crippen molar-refractivity contribution in [2.75, 3.05) is 12.5 Å². The third-order valence-electron chi connectivity index (χ3n) is 2.11. The van der Waals surface area contributed by atoms with Crippen molar-refractivity contribution in [3.05, 3.63) is 46.7 Å². The maximum atomic E-state index is 4.98. The zero-order valence-electron chi connectivity index (χ0n) is 9.67. The summed E-state index contributed by atoms with van der Waals surface area (Å²) in [5.74, 6) is 1.07. The lowest BCUT2D eigenvalue weighted by molar-refractivity contribution is 0.397. The van der Waals surface area contributed by atoms with Crippen LogP contribution in [0.4, 0.5) is 5.82 Å². The summed E-state index contributed by atoms with van der Waals surface area (Å²) in [6.45, 7) is 0. The Morgan fingerprint density at radius 3 is 2.78 bits per heavy atom. The summed E-state index contributed by atoms with van der Waals surface area (Å²) >= 11 is 3.38. The van der Waals surface area contributed by atoms with Gasteiger partial charge < -0.3 is 4.74 Å². The van der Waals surface area contributed by atoms with Crippen molar-refractivity contribution in [1.82, 2.24) is 9.97 Å². The summed E-state index contributed by atoms with van der Waals surface area (Å²) < 4.78 is 6.02. The molecule has 92 valence electrons. The molecule has 1 aromatic heterocycles. The normalized spacial score (nSPS) is 10.6. The Balaban J connectivity index is 2.00. The molecule has 18 heavy (non-hydrogen) atoms. The third kappa shape index (κ3) is 3.53. The van der Waals surface area contributed by atoms with Gasteiger partial charge >= 0.3 is 0 Å². The van der Waals surface area contributed by atoms with Crippen molar-refractivity contribution in [2.45, 2.75) is 0 Å². The average molecular weight is 307 g/mol. The van der Waals surface area contributed by atoms with E-state index < -0.39 is 0 Å². The van der Waals surface area contributed by atoms with E-state index in [2.05, 4.69) is 36.4 Å². The number of nitrogens with zero attached hydrogens (tertiary/aromatic N) is 3. The van der Waals surface area contributed by atoms with Crippen LogP contribution in [0.25, 0.3) is 0 Å². The molecule has 0 bridgehead atoms. The Labute approximate surface area is 113 Å². The van der Waals surface area contributed by atoms with Gasteiger partial charge in [0.15, 0.2) is 5.82 Å². The van der Waals surface area contributed by atoms with E-state index in [0.29, 0.717) is 11.7 Å². The lowest BCUT2D eigenvalue weighted by Crippen LogP contribution is -1.95. The maximum Gasteiger partial charge on any atom is 0.218 e. The molecule has 2 aromatic rings. The lowest BCUT2D eigenvalue weighted by Gasteiger charge is -2.01. The van der Waals surface area contributed by atoms with Gasteiger partial charge in [0.2, 0.25) is 5.88 Å². The fourth-order valence-corrected chi connectivity index (χ4v) is 1.50. The highest BCUT2D eigenvalue weighted by Crippen LogP contribution is 2.11. The van der Waals surface area contributed by atoms with Crippen LogP contribution < -0.4 is 10.2 Å². The number of nitrogens with one attached hydrogen (secondary N) is 1. The standard InChI is InChI=1S/C12H11BrN4O/c1-18-12-6-11(14-8-15-12)17-16-7-9-2-4-10(13)5-3-9/h2-8H,1H3,(H,14,15,17)/b16-7+. The van der Waals surface area contributed by atoms with Crippen molar-refractivity contribution in [3.8, 4) is 5.88 Å². The van der Waals surface area contributed by atoms with Gasteiger partial charge in [-0.1, -0.05) is 28.1 Å². The number of anilines is 1. The van der Waals surface area contributed by atoms with E-state index in [4.69, 9.17) is 4.74 Å². The summed E-state index contributed by atoms with van der Waals surface area (Å²) in [6.07, 6.45) is 3.12. The number of hydrazone groups is 1. The van der Waals surface area contributed by atoms with Gasteiger partial charge in [-0.25, -0.2) is 9.97 Å². The maximum absolute atomic E-state index is 4.98. The molecular weight excluding hydrogens is 296 g/mol. The molecule has 0 saturated carbocycles. The minimum atomic E-state index is 0.492. The van der Waals surface area contributed by atoms with E-state index in [1.54, 1.807) is 19.4 Å². The van der Waals surface area contributed by atoms with Gasteiger partial charge in [-0.05, 0) is 17.7 Å². The van der Waals surface area contributed by atoms with Crippen LogP contribution in [0.2, 0.25) is 0 Å². The highest BCUT2D eigenvalue weighted by Gasteiger charge is 1.95. The molecule has 0 atom stereocenters. The first-order valence-corrected chi connectivity index (χ1v) is 5.98. The van der Waals surface area contributed by atoms with Crippen LogP contribution in [-0.2, 0) is 0 Å². The second-order valence-corrected chi connectivity index (χ2v) is 4.28. The third-order valence-corrected chi connectivity index (χ3v) is 2.64. The largest absolute Gasteiger partial charge is 0.481 e. The monoisotopic (exact) mass is 306 g/mol. The number of hydrogen-bond donors (Lipinski definition) is 1. The molecule has 0 radical (unpaired) electrons. The average Bonchev–Trinajstić information content (AvgIpc) is 2.41. The highest BCUT2D eigenvalue weighted by molar-refractivity contribution is 9.10. The van der Waals surface area contributed by atoms with Crippen LogP contribution in [-0.4, -0.2) is 23.3 Å². The zero-order valence-corrected chi connectivity index (χ0v) is 11.3. The van der Waals surface area contributed by atoms with E-state index in [1.807, 2.05) is 24.3 Å². The highest BCUT2D eigenvalue weighted by atomic mass is 79.9. The molecule has 1 heterocycles. The van der Waals surface area contributed by atoms with Gasteiger partial charge in [0, 0.05) is 10.5 Å². The first kappa shape index (κ1) is 12.5. The van der Waals surface area contributed by atoms with Crippen LogP contribution in [0.1, 0.15) is 5.56 Å². The lowest BCUT2D eigenvalue weighted by atomic mass is 10.2. The smallest absolute Gasteiger partial charge is 0.218 e. The zero-order chi connectivity index (χ0) is 12.8. The molecule has 5 nitrogen and oxygen atoms in total. The van der Waals surface area contributed by atoms with E-state index in [9.17, 15) is 0 Å². The molecule has 0 aliphatic carbocycles. The number of halogens is 1. The van der Waals surface area contributed by atoms with Crippen molar-refractivity contribution < 1.29 is 4.74 Å². The number of methoxy groups -OCH3 is 1. The van der Waals surface area contributed by atoms with E-state index >= 15 is 0 Å². The summed E-state index contributed by atoms with van der Waals surface area (Å²) in [6, 6.07) is 9.48. The topological polar surface area (TPSA) is 59.4 Å². The molecule has 0 unspecified atom stereocenters. The second kappa shape index (κ2) is 6.11. The molecule has 1 N–H and O–H groups in total. The predicted octanol–water partition coefficient (Wildman–Crippen LogP) is 2.69. The summed E-state index contributed by atoms with van der Waals surface area (Å²) in [4.78, 5) is 7.91. The van der Waals surface area contributed by atoms with Gasteiger partial charge in [-0.3, -0.25) is 5.43 Å². The number of benzene rings is 1. The minimum absolute atomic E-state index is 0.492. The SMILES string of the molecule is COc1cc(N/N=C/c2ccc(Br)cc2)ncn1. The molecule has 1 aromatic carbocycles. The summed E-state index contributed by atoms with van der Waals surface area (Å²) in [5.41, 5.74) is 3.80. The molecule has 0 aliphatic heterocycles. The quantitative estimate of drug-likeness (QED) is 0.697. The Morgan fingerprint density at radius 2 is 2.06 bits per heavy atom. The first-order valence-electron chi connectivity index (χ1n) is 5.18. The molecule has 0 spiro atoms. The van der Waals surface area contributed by atoms with Crippen LogP contribution in [0.5, 0.6) is 5.88 Å². The summed E-state index contributed by atoms with van der Waals surface area (Å²) in [7, 11) is 1.55. The van der Waals surface area contributed by atoms with Gasteiger partial charge in [-0.2, -0.15) is 5.10 Å². The van der Waals surface area contributed by atoms with Gasteiger partial charge in [-0.15, -0.1) is 0 Å². The molecule has 2 rings (SSSR count). The van der Waals surface area contributed by atoms with E-state index in [-0.39, 0.29) is 0 Å². The van der Waals surface area contributed by atoms with E-state index in [0.717, 1.165) is 10.0 Å². The molecular formula is C12H11BrN4O. The van der Waals surface area contributed by atoms with Crippen LogP contribution in [0.3, 0.4) is 0 Å². The Hall–Kier alpha value is -1.95. The van der Waals surface area contributed by atoms with Crippen molar-refractivity contribution in [1.29, 1.82) is 0 Å². The van der Waals surface area contributed by atoms with E-state index in [1.165, 1.54) is 6.33 Å². The number of ether oxygens (including phenoxy) is 1. The van der Waals surface area contributed by atoms with Crippen molar-refractivity contribution >= 4 is 28.0 Å². The minimum Gasteiger partial charge on any atom is -0.481 e. The van der Waals surface area contributed by atoms with Crippen molar-refractivity contribution in [2.24, 2.45) is 5.10 Å². The van der Waals surface area contributed by atoms with Crippen LogP contribution in [0.15, 0.2) is 46.2 Å². The molecule has 0 saturated heterocycles. The van der Waals surface area contributed by atoms with Gasteiger partial charge in [0.25, 0.3) is 0 Å². The summed E-state index contributed by atoms with van der Waals surface area (Å²) in [5, 5.41) is 4.08. The predicted molar refractivity (Wildman–Crippen MR) is 73.9 cm³/mol. The van der Waals surface area contributed by atoms with Crippen molar-refractivity contribution in [3.63, 3.8) is 0 Å². The molecule has 0 aliphatic rings. The van der Waals surface area contributed by atoms with Crippen LogP contribution >= 0.6 is 15.9 Å². The molecule has 0 amide bonds. The number of rotatable bonds is 4. The first-order chi connectivity index (χ1) is 8.78. The second-order valence-electron chi connectivity index (χ2n) is 3.37.